The second kappa shape index (κ2) is 8.94. The molecule has 0 fully saturated rings. The van der Waals surface area contributed by atoms with E-state index in [0.717, 1.165) is 18.4 Å². The number of nitrogens with zero attached hydrogens (tertiary/aromatic N) is 2. The van der Waals surface area contributed by atoms with Gasteiger partial charge in [-0.25, -0.2) is 4.68 Å². The van der Waals surface area contributed by atoms with Crippen molar-refractivity contribution >= 4 is 5.91 Å². The topological polar surface area (TPSA) is 64.0 Å². The third-order valence-corrected chi connectivity index (χ3v) is 4.43. The standard InChI is InChI=1S/C22H23N3O2/c1-17(22(27)23-16-8-11-18-9-4-2-5-10-18)25-21(26)15-14-20(24-25)19-12-6-3-7-13-19/h2-7,9-10,12-15,17H,8,11,16H2,1H3,(H,23,27). The lowest BCUT2D eigenvalue weighted by molar-refractivity contribution is -0.124. The first-order valence-corrected chi connectivity index (χ1v) is 9.12. The summed E-state index contributed by atoms with van der Waals surface area (Å²) in [5.74, 6) is -0.206. The van der Waals surface area contributed by atoms with E-state index in [1.54, 1.807) is 13.0 Å². The molecule has 1 amide bonds. The summed E-state index contributed by atoms with van der Waals surface area (Å²) in [6.07, 6.45) is 1.74. The highest BCUT2D eigenvalue weighted by molar-refractivity contribution is 5.79. The number of carbonyl (C=O) groups excluding carboxylic acids is 1. The Morgan fingerprint density at radius 3 is 2.37 bits per heavy atom. The van der Waals surface area contributed by atoms with Crippen LogP contribution in [0.1, 0.15) is 24.9 Å². The molecular formula is C22H23N3O2. The molecule has 0 aliphatic carbocycles. The van der Waals surface area contributed by atoms with Gasteiger partial charge in [0.1, 0.15) is 6.04 Å². The van der Waals surface area contributed by atoms with E-state index in [1.165, 1.54) is 16.3 Å². The predicted octanol–water partition coefficient (Wildman–Crippen LogP) is 3.22. The van der Waals surface area contributed by atoms with Crippen LogP contribution in [0.3, 0.4) is 0 Å². The fourth-order valence-corrected chi connectivity index (χ4v) is 2.87. The van der Waals surface area contributed by atoms with Crippen molar-refractivity contribution < 1.29 is 4.79 Å². The van der Waals surface area contributed by atoms with Crippen molar-refractivity contribution in [2.24, 2.45) is 0 Å². The molecule has 1 heterocycles. The molecule has 0 saturated heterocycles. The van der Waals surface area contributed by atoms with Crippen molar-refractivity contribution in [2.75, 3.05) is 6.54 Å². The number of hydrogen-bond donors (Lipinski definition) is 1. The summed E-state index contributed by atoms with van der Waals surface area (Å²) in [7, 11) is 0. The number of aromatic nitrogens is 2. The molecule has 0 saturated carbocycles. The Balaban J connectivity index is 1.61. The third-order valence-electron chi connectivity index (χ3n) is 4.43. The smallest absolute Gasteiger partial charge is 0.267 e. The van der Waals surface area contributed by atoms with Crippen LogP contribution in [0.4, 0.5) is 0 Å². The maximum Gasteiger partial charge on any atom is 0.267 e. The van der Waals surface area contributed by atoms with Crippen LogP contribution >= 0.6 is 0 Å². The van der Waals surface area contributed by atoms with E-state index in [4.69, 9.17) is 0 Å². The molecule has 27 heavy (non-hydrogen) atoms. The fourth-order valence-electron chi connectivity index (χ4n) is 2.87. The van der Waals surface area contributed by atoms with Gasteiger partial charge in [0, 0.05) is 18.2 Å². The lowest BCUT2D eigenvalue weighted by Gasteiger charge is -2.15. The highest BCUT2D eigenvalue weighted by Crippen LogP contribution is 2.15. The van der Waals surface area contributed by atoms with Gasteiger partial charge in [-0.1, -0.05) is 60.7 Å². The molecule has 5 heteroatoms. The van der Waals surface area contributed by atoms with E-state index < -0.39 is 6.04 Å². The van der Waals surface area contributed by atoms with Gasteiger partial charge >= 0.3 is 0 Å². The summed E-state index contributed by atoms with van der Waals surface area (Å²) < 4.78 is 1.24. The molecule has 0 aliphatic heterocycles. The van der Waals surface area contributed by atoms with E-state index in [2.05, 4.69) is 22.5 Å². The Morgan fingerprint density at radius 1 is 1.00 bits per heavy atom. The molecular weight excluding hydrogens is 338 g/mol. The van der Waals surface area contributed by atoms with Gasteiger partial charge in [-0.3, -0.25) is 9.59 Å². The highest BCUT2D eigenvalue weighted by Gasteiger charge is 2.17. The first-order chi connectivity index (χ1) is 13.1. The highest BCUT2D eigenvalue weighted by atomic mass is 16.2. The molecule has 1 N–H and O–H groups in total. The van der Waals surface area contributed by atoms with Gasteiger partial charge in [0.2, 0.25) is 5.91 Å². The van der Waals surface area contributed by atoms with E-state index in [1.807, 2.05) is 48.5 Å². The zero-order valence-corrected chi connectivity index (χ0v) is 15.3. The predicted molar refractivity (Wildman–Crippen MR) is 106 cm³/mol. The monoisotopic (exact) mass is 361 g/mol. The van der Waals surface area contributed by atoms with Gasteiger partial charge in [-0.05, 0) is 31.4 Å². The SMILES string of the molecule is CC(C(=O)NCCCc1ccccc1)n1nc(-c2ccccc2)ccc1=O. The Bertz CT molecular complexity index is 937. The Kier molecular flexibility index (Phi) is 6.15. The molecule has 2 aromatic carbocycles. The van der Waals surface area contributed by atoms with Crippen LogP contribution < -0.4 is 10.9 Å². The average Bonchev–Trinajstić information content (AvgIpc) is 2.72. The number of rotatable bonds is 7. The Morgan fingerprint density at radius 2 is 1.67 bits per heavy atom. The Labute approximate surface area is 158 Å². The van der Waals surface area contributed by atoms with Crippen molar-refractivity contribution in [1.82, 2.24) is 15.1 Å². The lowest BCUT2D eigenvalue weighted by Crippen LogP contribution is -2.37. The van der Waals surface area contributed by atoms with Gasteiger partial charge < -0.3 is 5.32 Å². The molecule has 1 atom stereocenters. The van der Waals surface area contributed by atoms with E-state index in [9.17, 15) is 9.59 Å². The summed E-state index contributed by atoms with van der Waals surface area (Å²) in [6, 6.07) is 22.2. The maximum absolute atomic E-state index is 12.4. The molecule has 1 aromatic heterocycles. The number of carbonyl (C=O) groups is 1. The first-order valence-electron chi connectivity index (χ1n) is 9.12. The number of nitrogens with one attached hydrogen (secondary N) is 1. The minimum atomic E-state index is -0.669. The van der Waals surface area contributed by atoms with Crippen LogP contribution in [0.25, 0.3) is 11.3 Å². The van der Waals surface area contributed by atoms with Crippen molar-refractivity contribution in [3.8, 4) is 11.3 Å². The van der Waals surface area contributed by atoms with Gasteiger partial charge in [-0.15, -0.1) is 0 Å². The molecule has 0 spiro atoms. The molecule has 138 valence electrons. The summed E-state index contributed by atoms with van der Waals surface area (Å²) >= 11 is 0. The molecule has 0 bridgehead atoms. The summed E-state index contributed by atoms with van der Waals surface area (Å²) in [5.41, 5.74) is 2.52. The molecule has 0 aliphatic rings. The van der Waals surface area contributed by atoms with Crippen LogP contribution in [0.5, 0.6) is 0 Å². The molecule has 0 radical (unpaired) electrons. The largest absolute Gasteiger partial charge is 0.354 e. The van der Waals surface area contributed by atoms with Gasteiger partial charge in [0.25, 0.3) is 5.56 Å². The molecule has 5 nitrogen and oxygen atoms in total. The zero-order valence-electron chi connectivity index (χ0n) is 15.3. The van der Waals surface area contributed by atoms with E-state index in [-0.39, 0.29) is 11.5 Å². The summed E-state index contributed by atoms with van der Waals surface area (Å²) in [6.45, 7) is 2.25. The van der Waals surface area contributed by atoms with Crippen molar-refractivity contribution in [3.63, 3.8) is 0 Å². The average molecular weight is 361 g/mol. The number of benzene rings is 2. The Hall–Kier alpha value is -3.21. The van der Waals surface area contributed by atoms with Crippen LogP contribution in [0.15, 0.2) is 77.6 Å². The fraction of sp³-hybridized carbons (Fsp3) is 0.227. The second-order valence-electron chi connectivity index (χ2n) is 6.42. The van der Waals surface area contributed by atoms with Gasteiger partial charge in [-0.2, -0.15) is 5.10 Å². The number of hydrogen-bond acceptors (Lipinski definition) is 3. The van der Waals surface area contributed by atoms with Crippen LogP contribution in [0, 0.1) is 0 Å². The third kappa shape index (κ3) is 4.91. The number of amides is 1. The van der Waals surface area contributed by atoms with Crippen LogP contribution in [0.2, 0.25) is 0 Å². The summed E-state index contributed by atoms with van der Waals surface area (Å²) in [5, 5.41) is 7.28. The number of aryl methyl sites for hydroxylation is 1. The quantitative estimate of drug-likeness (QED) is 0.657. The maximum atomic E-state index is 12.4. The minimum absolute atomic E-state index is 0.206. The van der Waals surface area contributed by atoms with Crippen molar-refractivity contribution in [2.45, 2.75) is 25.8 Å². The van der Waals surface area contributed by atoms with Crippen molar-refractivity contribution in [3.05, 3.63) is 88.7 Å². The van der Waals surface area contributed by atoms with E-state index in [0.29, 0.717) is 12.2 Å². The zero-order chi connectivity index (χ0) is 19.1. The van der Waals surface area contributed by atoms with Crippen LogP contribution in [-0.4, -0.2) is 22.2 Å². The van der Waals surface area contributed by atoms with Crippen molar-refractivity contribution in [1.29, 1.82) is 0 Å². The minimum Gasteiger partial charge on any atom is -0.354 e. The molecule has 1 unspecified atom stereocenters. The van der Waals surface area contributed by atoms with Gasteiger partial charge in [0.05, 0.1) is 5.69 Å². The first kappa shape index (κ1) is 18.6. The van der Waals surface area contributed by atoms with Crippen LogP contribution in [-0.2, 0) is 11.2 Å². The normalized spacial score (nSPS) is 11.7. The molecule has 3 aromatic rings. The van der Waals surface area contributed by atoms with Gasteiger partial charge in [0.15, 0.2) is 0 Å². The molecule has 3 rings (SSSR count). The van der Waals surface area contributed by atoms with E-state index >= 15 is 0 Å². The second-order valence-corrected chi connectivity index (χ2v) is 6.42. The lowest BCUT2D eigenvalue weighted by atomic mass is 10.1. The summed E-state index contributed by atoms with van der Waals surface area (Å²) in [4.78, 5) is 24.6.